The maximum Gasteiger partial charge on any atom is 0.179 e. The molecule has 0 bridgehead atoms. The molecule has 3 unspecified atom stereocenters. The van der Waals surface area contributed by atoms with Crippen LogP contribution in [0.1, 0.15) is 41.8 Å². The molecule has 110 valence electrons. The predicted molar refractivity (Wildman–Crippen MR) is 81.1 cm³/mol. The van der Waals surface area contributed by atoms with Gasteiger partial charge in [0.2, 0.25) is 0 Å². The highest BCUT2D eigenvalue weighted by atomic mass is 16.3. The molecule has 1 N–H and O–H groups in total. The summed E-state index contributed by atoms with van der Waals surface area (Å²) < 4.78 is 0. The number of β-amino-alcohol motifs (C(OH)–C–C–N with tert-alkyl or cyclic N) is 1. The van der Waals surface area contributed by atoms with Gasteiger partial charge in [0.05, 0.1) is 12.1 Å². The summed E-state index contributed by atoms with van der Waals surface area (Å²) >= 11 is 0. The van der Waals surface area contributed by atoms with Crippen molar-refractivity contribution >= 4 is 5.78 Å². The van der Waals surface area contributed by atoms with Crippen LogP contribution in [-0.2, 0) is 0 Å². The van der Waals surface area contributed by atoms with E-state index in [0.717, 1.165) is 29.7 Å². The van der Waals surface area contributed by atoms with E-state index in [0.29, 0.717) is 12.5 Å². The Bertz CT molecular complexity index is 498. The van der Waals surface area contributed by atoms with Gasteiger partial charge in [0, 0.05) is 12.1 Å². The van der Waals surface area contributed by atoms with Crippen LogP contribution in [0.15, 0.2) is 18.2 Å². The van der Waals surface area contributed by atoms with E-state index < -0.39 is 0 Å². The van der Waals surface area contributed by atoms with Crippen molar-refractivity contribution in [2.45, 2.75) is 46.3 Å². The molecule has 1 aromatic carbocycles. The molecular formula is C17H25NO2. The molecule has 0 saturated carbocycles. The first-order valence-electron chi connectivity index (χ1n) is 7.43. The van der Waals surface area contributed by atoms with Crippen LogP contribution in [-0.4, -0.2) is 41.0 Å². The number of ketones is 1. The number of hydrogen-bond acceptors (Lipinski definition) is 3. The van der Waals surface area contributed by atoms with Crippen LogP contribution in [0.4, 0.5) is 0 Å². The first kappa shape index (κ1) is 15.2. The van der Waals surface area contributed by atoms with Crippen molar-refractivity contribution < 1.29 is 9.90 Å². The minimum absolute atomic E-state index is 0.160. The molecule has 1 heterocycles. The molecule has 3 nitrogen and oxygen atoms in total. The van der Waals surface area contributed by atoms with E-state index in [1.807, 2.05) is 39.0 Å². The van der Waals surface area contributed by atoms with Gasteiger partial charge in [-0.05, 0) is 51.3 Å². The number of Topliss-reactive ketones (excluding diaryl/α,β-unsaturated/α-hetero) is 1. The normalized spacial score (nSPS) is 25.4. The van der Waals surface area contributed by atoms with Crippen molar-refractivity contribution in [1.82, 2.24) is 4.90 Å². The van der Waals surface area contributed by atoms with Crippen LogP contribution in [0.25, 0.3) is 0 Å². The Labute approximate surface area is 121 Å². The summed E-state index contributed by atoms with van der Waals surface area (Å²) in [4.78, 5) is 14.8. The van der Waals surface area contributed by atoms with E-state index in [-0.39, 0.29) is 17.9 Å². The fraction of sp³-hybridized carbons (Fsp3) is 0.588. The number of carbonyl (C=O) groups excluding carboxylic acids is 1. The smallest absolute Gasteiger partial charge is 0.179 e. The van der Waals surface area contributed by atoms with Crippen LogP contribution in [0.5, 0.6) is 0 Å². The van der Waals surface area contributed by atoms with E-state index in [9.17, 15) is 9.90 Å². The molecule has 1 fully saturated rings. The maximum absolute atomic E-state index is 12.7. The first-order chi connectivity index (χ1) is 9.40. The quantitative estimate of drug-likeness (QED) is 0.862. The summed E-state index contributed by atoms with van der Waals surface area (Å²) in [6.07, 6.45) is 0.628. The van der Waals surface area contributed by atoms with Gasteiger partial charge in [-0.1, -0.05) is 24.6 Å². The van der Waals surface area contributed by atoms with Gasteiger partial charge in [0.1, 0.15) is 0 Å². The van der Waals surface area contributed by atoms with Gasteiger partial charge < -0.3 is 5.11 Å². The number of aryl methyl sites for hydroxylation is 2. The molecule has 1 aliphatic heterocycles. The maximum atomic E-state index is 12.7. The Hall–Kier alpha value is -1.19. The van der Waals surface area contributed by atoms with Crippen molar-refractivity contribution in [3.05, 3.63) is 34.9 Å². The molecule has 1 aliphatic rings. The summed E-state index contributed by atoms with van der Waals surface area (Å²) in [5, 5.41) is 10.00. The molecule has 2 rings (SSSR count). The molecule has 1 saturated heterocycles. The Balaban J connectivity index is 2.14. The van der Waals surface area contributed by atoms with Crippen molar-refractivity contribution in [3.8, 4) is 0 Å². The Kier molecular flexibility index (Phi) is 4.61. The molecule has 0 aromatic heterocycles. The zero-order valence-electron chi connectivity index (χ0n) is 12.9. The van der Waals surface area contributed by atoms with Crippen molar-refractivity contribution in [1.29, 1.82) is 0 Å². The lowest BCUT2D eigenvalue weighted by molar-refractivity contribution is 0.0146. The summed E-state index contributed by atoms with van der Waals surface area (Å²) in [5.74, 6) is 0.488. The number of likely N-dealkylation sites (tertiary alicyclic amines) is 1. The van der Waals surface area contributed by atoms with E-state index >= 15 is 0 Å². The molecule has 3 heteroatoms. The number of nitrogens with zero attached hydrogens (tertiary/aromatic N) is 1. The van der Waals surface area contributed by atoms with Crippen LogP contribution in [0.2, 0.25) is 0 Å². The molecule has 1 aromatic rings. The zero-order valence-corrected chi connectivity index (χ0v) is 12.9. The lowest BCUT2D eigenvalue weighted by Gasteiger charge is -2.37. The number of benzene rings is 1. The second-order valence-corrected chi connectivity index (χ2v) is 6.19. The van der Waals surface area contributed by atoms with E-state index in [1.54, 1.807) is 0 Å². The lowest BCUT2D eigenvalue weighted by atomic mass is 9.92. The number of aliphatic hydroxyl groups is 1. The molecule has 0 amide bonds. The molecule has 3 atom stereocenters. The van der Waals surface area contributed by atoms with Crippen LogP contribution < -0.4 is 0 Å². The third-order valence-electron chi connectivity index (χ3n) is 4.54. The van der Waals surface area contributed by atoms with Gasteiger partial charge in [-0.3, -0.25) is 9.69 Å². The van der Waals surface area contributed by atoms with Gasteiger partial charge in [-0.25, -0.2) is 0 Å². The van der Waals surface area contributed by atoms with Crippen LogP contribution >= 0.6 is 0 Å². The summed E-state index contributed by atoms with van der Waals surface area (Å²) in [5.41, 5.74) is 2.95. The average Bonchev–Trinajstić information content (AvgIpc) is 2.43. The minimum atomic E-state index is -0.322. The molecule has 0 aliphatic carbocycles. The van der Waals surface area contributed by atoms with Crippen molar-refractivity contribution in [2.24, 2.45) is 5.92 Å². The number of hydrogen-bond donors (Lipinski definition) is 1. The third-order valence-corrected chi connectivity index (χ3v) is 4.54. The monoisotopic (exact) mass is 275 g/mol. The highest BCUT2D eigenvalue weighted by molar-refractivity contribution is 6.01. The lowest BCUT2D eigenvalue weighted by Crippen LogP contribution is -2.49. The van der Waals surface area contributed by atoms with Crippen molar-refractivity contribution in [3.63, 3.8) is 0 Å². The summed E-state index contributed by atoms with van der Waals surface area (Å²) in [6.45, 7) is 9.49. The summed E-state index contributed by atoms with van der Waals surface area (Å²) in [7, 11) is 0. The van der Waals surface area contributed by atoms with Gasteiger partial charge >= 0.3 is 0 Å². The van der Waals surface area contributed by atoms with E-state index in [1.165, 1.54) is 0 Å². The molecule has 0 radical (unpaired) electrons. The highest BCUT2D eigenvalue weighted by Gasteiger charge is 2.30. The molecular weight excluding hydrogens is 250 g/mol. The predicted octanol–water partition coefficient (Wildman–Crippen LogP) is 2.58. The van der Waals surface area contributed by atoms with E-state index in [4.69, 9.17) is 0 Å². The average molecular weight is 275 g/mol. The van der Waals surface area contributed by atoms with Crippen molar-refractivity contribution in [2.75, 3.05) is 13.1 Å². The number of rotatable bonds is 3. The number of carbonyl (C=O) groups is 1. The van der Waals surface area contributed by atoms with Gasteiger partial charge in [0.15, 0.2) is 5.78 Å². The van der Waals surface area contributed by atoms with Crippen LogP contribution in [0.3, 0.4) is 0 Å². The second kappa shape index (κ2) is 6.06. The fourth-order valence-electron chi connectivity index (χ4n) is 2.82. The summed E-state index contributed by atoms with van der Waals surface area (Å²) in [6, 6.07) is 5.83. The Morgan fingerprint density at radius 2 is 2.10 bits per heavy atom. The standard InChI is InChI=1S/C17H25NO2/c1-11-5-6-12(2)15(9-11)17(20)14(4)18-8-7-13(3)16(19)10-18/h5-6,9,13-14,16,19H,7-8,10H2,1-4H3. The minimum Gasteiger partial charge on any atom is -0.392 e. The first-order valence-corrected chi connectivity index (χ1v) is 7.43. The number of aliphatic hydroxyl groups excluding tert-OH is 1. The topological polar surface area (TPSA) is 40.5 Å². The third kappa shape index (κ3) is 3.10. The van der Waals surface area contributed by atoms with Gasteiger partial charge in [0.25, 0.3) is 0 Å². The van der Waals surface area contributed by atoms with Gasteiger partial charge in [-0.15, -0.1) is 0 Å². The van der Waals surface area contributed by atoms with Crippen LogP contribution in [0, 0.1) is 19.8 Å². The molecule has 20 heavy (non-hydrogen) atoms. The Morgan fingerprint density at radius 3 is 2.75 bits per heavy atom. The van der Waals surface area contributed by atoms with E-state index in [2.05, 4.69) is 11.8 Å². The Morgan fingerprint density at radius 1 is 1.40 bits per heavy atom. The number of piperidine rings is 1. The van der Waals surface area contributed by atoms with Gasteiger partial charge in [-0.2, -0.15) is 0 Å². The second-order valence-electron chi connectivity index (χ2n) is 6.19. The fourth-order valence-corrected chi connectivity index (χ4v) is 2.82. The largest absolute Gasteiger partial charge is 0.392 e. The SMILES string of the molecule is Cc1ccc(C)c(C(=O)C(C)N2CCC(C)C(O)C2)c1. The highest BCUT2D eigenvalue weighted by Crippen LogP contribution is 2.21. The zero-order chi connectivity index (χ0) is 14.9. The molecule has 0 spiro atoms.